The third-order valence-electron chi connectivity index (χ3n) is 0.787. The van der Waals surface area contributed by atoms with Gasteiger partial charge in [0.25, 0.3) is 17.9 Å². The molecule has 0 aliphatic carbocycles. The maximum absolute atomic E-state index is 10.4. The van der Waals surface area contributed by atoms with Crippen molar-refractivity contribution >= 4 is 33.6 Å². The normalized spacial score (nSPS) is 7.40. The summed E-state index contributed by atoms with van der Waals surface area (Å²) in [6.45, 7) is 3.29. The van der Waals surface area contributed by atoms with Crippen LogP contribution in [-0.4, -0.2) is 33.6 Å². The second-order valence-corrected chi connectivity index (χ2v) is 2.12. The second kappa shape index (κ2) is 10.1. The van der Waals surface area contributed by atoms with E-state index in [0.29, 0.717) is 0 Å². The van der Waals surface area contributed by atoms with Crippen molar-refractivity contribution in [2.45, 2.75) is 20.8 Å². The van der Waals surface area contributed by atoms with Crippen LogP contribution in [0, 0.1) is 0 Å². The van der Waals surface area contributed by atoms with Crippen LogP contribution < -0.4 is 29.6 Å². The van der Waals surface area contributed by atoms with Gasteiger partial charge in [0.15, 0.2) is 0 Å². The fourth-order valence-corrected chi connectivity index (χ4v) is 0.479. The van der Waals surface area contributed by atoms with Crippen LogP contribution in [0.5, 0.6) is 0 Å². The molecule has 0 aromatic heterocycles. The van der Waals surface area contributed by atoms with E-state index in [1.807, 2.05) is 0 Å². The molecule has 0 radical (unpaired) electrons. The van der Waals surface area contributed by atoms with Gasteiger partial charge in [0, 0.05) is 20.8 Å². The minimum Gasteiger partial charge on any atom is -0.462 e. The van der Waals surface area contributed by atoms with Crippen molar-refractivity contribution in [3.8, 4) is 0 Å². The molecule has 0 saturated heterocycles. The summed E-state index contributed by atoms with van der Waals surface area (Å²) in [4.78, 5) is 31.2. The fourth-order valence-electron chi connectivity index (χ4n) is 0.479. The van der Waals surface area contributed by atoms with Gasteiger partial charge >= 0.3 is 36.9 Å². The third kappa shape index (κ3) is 13.5. The Labute approximate surface area is 112 Å². The molecule has 0 amide bonds. The van der Waals surface area contributed by atoms with E-state index < -0.39 is 25.2 Å². The zero-order chi connectivity index (χ0) is 10.4. The molecule has 0 aromatic carbocycles. The minimum atomic E-state index is -1.59. The Bertz CT molecular complexity index is 196. The molecule has 9 heteroatoms. The van der Waals surface area contributed by atoms with Crippen LogP contribution in [0.1, 0.15) is 20.8 Å². The van der Waals surface area contributed by atoms with Crippen molar-refractivity contribution in [3.63, 3.8) is 0 Å². The predicted molar refractivity (Wildman–Crippen MR) is 52.4 cm³/mol. The number of rotatable bonds is 3. The Hall–Kier alpha value is -0.460. The minimum absolute atomic E-state index is 0. The largest absolute Gasteiger partial charge is 1.00 e. The maximum Gasteiger partial charge on any atom is 1.00 e. The van der Waals surface area contributed by atoms with Gasteiger partial charge in [0.1, 0.15) is 0 Å². The summed E-state index contributed by atoms with van der Waals surface area (Å²) >= 11 is 0. The van der Waals surface area contributed by atoms with Crippen LogP contribution in [0.2, 0.25) is 0 Å². The molecule has 6 nitrogen and oxygen atoms in total. The quantitative estimate of drug-likeness (QED) is 0.449. The topological polar surface area (TPSA) is 78.9 Å². The van der Waals surface area contributed by atoms with Gasteiger partial charge in [-0.25, -0.2) is 0 Å². The molecule has 0 saturated carbocycles. The molecule has 0 unspecified atom stereocenters. The van der Waals surface area contributed by atoms with Crippen molar-refractivity contribution in [2.24, 2.45) is 0 Å². The molecule has 0 atom stereocenters. The van der Waals surface area contributed by atoms with E-state index in [-0.39, 0.29) is 38.0 Å². The Morgan fingerprint density at radius 2 is 1.00 bits per heavy atom. The monoisotopic (exact) mass is 226 g/mol. The van der Waals surface area contributed by atoms with Gasteiger partial charge in [-0.05, 0) is 0 Å². The predicted octanol–water partition coefficient (Wildman–Crippen LogP) is -4.79. The molecule has 0 N–H and O–H groups in total. The van der Waals surface area contributed by atoms with Crippen LogP contribution >= 0.6 is 0 Å². The van der Waals surface area contributed by atoms with Crippen molar-refractivity contribution in [1.29, 1.82) is 0 Å². The van der Waals surface area contributed by atoms with E-state index in [0.717, 1.165) is 20.8 Å². The maximum atomic E-state index is 10.4. The smallest absolute Gasteiger partial charge is 0.462 e. The van der Waals surface area contributed by atoms with Crippen molar-refractivity contribution < 1.29 is 57.9 Å². The van der Waals surface area contributed by atoms with E-state index in [2.05, 4.69) is 14.0 Å². The number of hydrogen-bond donors (Lipinski definition) is 0. The van der Waals surface area contributed by atoms with E-state index >= 15 is 0 Å². The van der Waals surface area contributed by atoms with Crippen LogP contribution in [-0.2, 0) is 28.3 Å². The summed E-state index contributed by atoms with van der Waals surface area (Å²) in [6, 6.07) is 0. The van der Waals surface area contributed by atoms with Gasteiger partial charge in [0.2, 0.25) is 0 Å². The molecule has 0 rings (SSSR count). The average Bonchev–Trinajstić information content (AvgIpc) is 1.80. The van der Waals surface area contributed by atoms with Crippen molar-refractivity contribution in [3.05, 3.63) is 0 Å². The van der Waals surface area contributed by atoms with Gasteiger partial charge < -0.3 is 14.0 Å². The first kappa shape index (κ1) is 20.0. The third-order valence-corrected chi connectivity index (χ3v) is 0.787. The summed E-state index contributed by atoms with van der Waals surface area (Å²) in [5, 5.41) is 0. The molecule has 0 fully saturated rings. The molecule has 0 spiro atoms. The first-order valence-electron chi connectivity index (χ1n) is 3.43. The summed E-state index contributed by atoms with van der Waals surface area (Å²) < 4.78 is 13.0. The van der Waals surface area contributed by atoms with E-state index in [9.17, 15) is 14.4 Å². The summed E-state index contributed by atoms with van der Waals surface area (Å²) in [5.74, 6) is -2.15. The van der Waals surface area contributed by atoms with Crippen LogP contribution in [0.3, 0.4) is 0 Å². The van der Waals surface area contributed by atoms with E-state index in [1.54, 1.807) is 0 Å². The van der Waals surface area contributed by atoms with Gasteiger partial charge in [0.05, 0.1) is 0 Å². The Kier molecular flexibility index (Phi) is 13.4. The molecule has 0 heterocycles. The average molecular weight is 226 g/mol. The van der Waals surface area contributed by atoms with Gasteiger partial charge in [-0.1, -0.05) is 8.41 Å². The molecule has 0 bridgehead atoms. The van der Waals surface area contributed by atoms with Crippen LogP contribution in [0.4, 0.5) is 0 Å². The first-order chi connectivity index (χ1) is 5.91. The molecular formula is C6H13B2NaO6. The zero-order valence-corrected chi connectivity index (χ0v) is 10.5. The van der Waals surface area contributed by atoms with Crippen molar-refractivity contribution in [1.82, 2.24) is 0 Å². The van der Waals surface area contributed by atoms with Crippen LogP contribution in [0.25, 0.3) is 0 Å². The zero-order valence-electron chi connectivity index (χ0n) is 8.53. The summed E-state index contributed by atoms with van der Waals surface area (Å²) in [5.41, 5.74) is 0. The standard InChI is InChI=1S/C6H9BO6.BH4.Na/c1-4(8)11-7(12-5(2)9)13-6(3)10;;/h1-3H3;1H4;/q;-1;+1. The Balaban J connectivity index is -0.000000720. The van der Waals surface area contributed by atoms with E-state index in [1.165, 1.54) is 0 Å². The molecule has 0 aliphatic heterocycles. The van der Waals surface area contributed by atoms with Gasteiger partial charge in [-0.2, -0.15) is 0 Å². The van der Waals surface area contributed by atoms with Gasteiger partial charge in [-0.3, -0.25) is 14.4 Å². The first-order valence-corrected chi connectivity index (χ1v) is 3.43. The molecule has 0 aliphatic rings. The Morgan fingerprint density at radius 1 is 0.800 bits per heavy atom. The SMILES string of the molecule is CC(=O)OB(OC(C)=O)OC(C)=O.[BH4-].[Na+]. The fraction of sp³-hybridized carbons (Fsp3) is 0.500. The number of carbonyl (C=O) groups excluding carboxylic acids is 3. The number of hydrogen-bond acceptors (Lipinski definition) is 6. The molecule has 80 valence electrons. The van der Waals surface area contributed by atoms with Gasteiger partial charge in [-0.15, -0.1) is 0 Å². The van der Waals surface area contributed by atoms with Crippen LogP contribution in [0.15, 0.2) is 0 Å². The van der Waals surface area contributed by atoms with Crippen molar-refractivity contribution in [2.75, 3.05) is 0 Å². The summed E-state index contributed by atoms with van der Waals surface area (Å²) in [6.07, 6.45) is 0. The second-order valence-electron chi connectivity index (χ2n) is 2.12. The molecular weight excluding hydrogens is 213 g/mol. The van der Waals surface area contributed by atoms with E-state index in [4.69, 9.17) is 0 Å². The molecule has 0 aromatic rings. The molecule has 15 heavy (non-hydrogen) atoms. The Morgan fingerprint density at radius 3 is 1.13 bits per heavy atom. The number of carbonyl (C=O) groups is 3. The summed E-state index contributed by atoms with van der Waals surface area (Å²) in [7, 11) is -1.59.